The molecule has 0 bridgehead atoms. The molecule has 118 valence electrons. The van der Waals surface area contributed by atoms with Crippen LogP contribution in [0.4, 0.5) is 5.82 Å². The Morgan fingerprint density at radius 1 is 1.36 bits per heavy atom. The van der Waals surface area contributed by atoms with Gasteiger partial charge in [0, 0.05) is 30.1 Å². The van der Waals surface area contributed by atoms with Gasteiger partial charge in [-0.05, 0) is 32.3 Å². The van der Waals surface area contributed by atoms with Crippen molar-refractivity contribution in [3.63, 3.8) is 0 Å². The number of aryl methyl sites for hydroxylation is 1. The summed E-state index contributed by atoms with van der Waals surface area (Å²) in [7, 11) is -3.49. The number of nitrogens with one attached hydrogen (secondary N) is 1. The summed E-state index contributed by atoms with van der Waals surface area (Å²) in [5.41, 5.74) is 0.514. The Kier molecular flexibility index (Phi) is 3.53. The van der Waals surface area contributed by atoms with Crippen molar-refractivity contribution in [1.29, 1.82) is 0 Å². The van der Waals surface area contributed by atoms with Crippen LogP contribution in [0.1, 0.15) is 25.0 Å². The van der Waals surface area contributed by atoms with Gasteiger partial charge < -0.3 is 10.4 Å². The second-order valence-electron chi connectivity index (χ2n) is 5.91. The van der Waals surface area contributed by atoms with Gasteiger partial charge >= 0.3 is 0 Å². The Bertz CT molecular complexity index is 831. The summed E-state index contributed by atoms with van der Waals surface area (Å²) in [4.78, 5) is 12.4. The molecule has 0 radical (unpaired) electrons. The lowest BCUT2D eigenvalue weighted by molar-refractivity contribution is -0.0202. The minimum atomic E-state index is -3.49. The Morgan fingerprint density at radius 3 is 2.68 bits per heavy atom. The Morgan fingerprint density at radius 2 is 2.09 bits per heavy atom. The molecule has 2 aromatic heterocycles. The molecule has 0 spiro atoms. The van der Waals surface area contributed by atoms with Gasteiger partial charge in [-0.15, -0.1) is 0 Å². The van der Waals surface area contributed by atoms with E-state index in [2.05, 4.69) is 20.3 Å². The van der Waals surface area contributed by atoms with E-state index < -0.39 is 15.4 Å². The molecular formula is C14H18N4O3S. The van der Waals surface area contributed by atoms with Crippen LogP contribution in [0.3, 0.4) is 0 Å². The van der Waals surface area contributed by atoms with Crippen molar-refractivity contribution < 1.29 is 13.5 Å². The average Bonchev–Trinajstić information content (AvgIpc) is 2.41. The number of hydrogen-bond donors (Lipinski definition) is 2. The minimum absolute atomic E-state index is 0.226. The summed E-state index contributed by atoms with van der Waals surface area (Å²) in [5, 5.41) is 13.8. The van der Waals surface area contributed by atoms with Crippen LogP contribution in [0.5, 0.6) is 0 Å². The van der Waals surface area contributed by atoms with Crippen LogP contribution in [0, 0.1) is 6.92 Å². The average molecular weight is 322 g/mol. The summed E-state index contributed by atoms with van der Waals surface area (Å²) >= 11 is 0. The van der Waals surface area contributed by atoms with E-state index in [4.69, 9.17) is 0 Å². The first-order valence-electron chi connectivity index (χ1n) is 7.08. The van der Waals surface area contributed by atoms with Crippen molar-refractivity contribution in [1.82, 2.24) is 15.0 Å². The predicted octanol–water partition coefficient (Wildman–Crippen LogP) is 1.06. The van der Waals surface area contributed by atoms with E-state index in [1.165, 1.54) is 6.20 Å². The van der Waals surface area contributed by atoms with E-state index in [-0.39, 0.29) is 5.16 Å². The zero-order valence-electron chi connectivity index (χ0n) is 12.5. The number of fused-ring (bicyclic) bond motifs is 1. The van der Waals surface area contributed by atoms with Crippen molar-refractivity contribution in [2.45, 2.75) is 36.9 Å². The first kappa shape index (κ1) is 15.1. The largest absolute Gasteiger partial charge is 0.388 e. The molecule has 22 heavy (non-hydrogen) atoms. The van der Waals surface area contributed by atoms with Crippen molar-refractivity contribution in [3.8, 4) is 0 Å². The third kappa shape index (κ3) is 2.89. The third-order valence-corrected chi connectivity index (χ3v) is 4.73. The van der Waals surface area contributed by atoms with E-state index in [0.717, 1.165) is 31.2 Å². The number of hydrogen-bond acceptors (Lipinski definition) is 7. The predicted molar refractivity (Wildman–Crippen MR) is 82.5 cm³/mol. The Balaban J connectivity index is 2.02. The highest BCUT2D eigenvalue weighted by Gasteiger charge is 2.34. The molecule has 1 saturated carbocycles. The smallest absolute Gasteiger partial charge is 0.247 e. The molecule has 1 aliphatic rings. The normalized spacial score (nSPS) is 17.2. The fourth-order valence-electron chi connectivity index (χ4n) is 2.47. The van der Waals surface area contributed by atoms with Gasteiger partial charge in [0.15, 0.2) is 5.82 Å². The maximum Gasteiger partial charge on any atom is 0.247 e. The number of sulfone groups is 1. The summed E-state index contributed by atoms with van der Waals surface area (Å²) in [5.74, 6) is 0.475. The van der Waals surface area contributed by atoms with E-state index in [9.17, 15) is 13.5 Å². The van der Waals surface area contributed by atoms with E-state index in [1.54, 1.807) is 6.07 Å². The van der Waals surface area contributed by atoms with Crippen LogP contribution in [-0.2, 0) is 9.84 Å². The van der Waals surface area contributed by atoms with Crippen LogP contribution in [0.25, 0.3) is 10.9 Å². The molecule has 8 heteroatoms. The van der Waals surface area contributed by atoms with E-state index in [0.29, 0.717) is 23.3 Å². The molecule has 0 atom stereocenters. The number of pyridine rings is 1. The summed E-state index contributed by atoms with van der Waals surface area (Å²) in [6, 6.07) is 1.80. The molecule has 0 amide bonds. The van der Waals surface area contributed by atoms with Gasteiger partial charge in [-0.25, -0.2) is 23.4 Å². The summed E-state index contributed by atoms with van der Waals surface area (Å²) in [6.45, 7) is 2.21. The SMILES string of the molecule is Cc1cc2cnc(S(C)(=O)=O)nc2c(NCC2(O)CCC2)n1. The molecule has 1 fully saturated rings. The van der Waals surface area contributed by atoms with Crippen LogP contribution in [0.15, 0.2) is 17.4 Å². The second-order valence-corrected chi connectivity index (χ2v) is 7.82. The molecule has 0 aromatic carbocycles. The lowest BCUT2D eigenvalue weighted by Crippen LogP contribution is -2.43. The first-order valence-corrected chi connectivity index (χ1v) is 8.97. The standard InChI is InChI=1S/C14H18N4O3S/c1-9-6-10-7-15-13(22(2,20)21)18-11(10)12(17-9)16-8-14(19)4-3-5-14/h6-7,19H,3-5,8H2,1-2H3,(H,16,17). The minimum Gasteiger partial charge on any atom is -0.388 e. The van der Waals surface area contributed by atoms with Crippen LogP contribution in [-0.4, -0.2) is 46.9 Å². The highest BCUT2D eigenvalue weighted by molar-refractivity contribution is 7.90. The number of nitrogens with zero attached hydrogens (tertiary/aromatic N) is 3. The fourth-order valence-corrected chi connectivity index (χ4v) is 2.97. The van der Waals surface area contributed by atoms with Gasteiger partial charge in [-0.2, -0.15) is 0 Å². The van der Waals surface area contributed by atoms with Gasteiger partial charge in [-0.1, -0.05) is 0 Å². The molecular weight excluding hydrogens is 304 g/mol. The van der Waals surface area contributed by atoms with Crippen molar-refractivity contribution >= 4 is 26.6 Å². The number of aliphatic hydroxyl groups is 1. The molecule has 0 saturated heterocycles. The molecule has 0 aliphatic heterocycles. The molecule has 3 rings (SSSR count). The topological polar surface area (TPSA) is 105 Å². The van der Waals surface area contributed by atoms with Crippen LogP contribution >= 0.6 is 0 Å². The zero-order valence-corrected chi connectivity index (χ0v) is 13.3. The van der Waals surface area contributed by atoms with Gasteiger partial charge in [-0.3, -0.25) is 0 Å². The quantitative estimate of drug-likeness (QED) is 0.811. The van der Waals surface area contributed by atoms with E-state index in [1.807, 2.05) is 6.92 Å². The van der Waals surface area contributed by atoms with Gasteiger partial charge in [0.05, 0.1) is 5.60 Å². The molecule has 0 unspecified atom stereocenters. The monoisotopic (exact) mass is 322 g/mol. The number of aromatic nitrogens is 3. The molecule has 2 heterocycles. The maximum atomic E-state index is 11.6. The number of rotatable bonds is 4. The van der Waals surface area contributed by atoms with Gasteiger partial charge in [0.1, 0.15) is 5.52 Å². The highest BCUT2D eigenvalue weighted by atomic mass is 32.2. The van der Waals surface area contributed by atoms with Gasteiger partial charge in [0.2, 0.25) is 15.0 Å². The first-order chi connectivity index (χ1) is 10.3. The van der Waals surface area contributed by atoms with E-state index >= 15 is 0 Å². The van der Waals surface area contributed by atoms with Crippen LogP contribution < -0.4 is 5.32 Å². The van der Waals surface area contributed by atoms with Crippen molar-refractivity contribution in [2.75, 3.05) is 18.1 Å². The van der Waals surface area contributed by atoms with Crippen LogP contribution in [0.2, 0.25) is 0 Å². The summed E-state index contributed by atoms with van der Waals surface area (Å²) in [6.07, 6.45) is 5.08. The van der Waals surface area contributed by atoms with Crippen molar-refractivity contribution in [2.24, 2.45) is 0 Å². The van der Waals surface area contributed by atoms with Crippen molar-refractivity contribution in [3.05, 3.63) is 18.0 Å². The third-order valence-electron chi connectivity index (χ3n) is 3.87. The van der Waals surface area contributed by atoms with Gasteiger partial charge in [0.25, 0.3) is 0 Å². The zero-order chi connectivity index (χ0) is 16.0. The molecule has 2 N–H and O–H groups in total. The lowest BCUT2D eigenvalue weighted by atomic mass is 9.80. The second kappa shape index (κ2) is 5.13. The fraction of sp³-hybridized carbons (Fsp3) is 0.500. The molecule has 2 aromatic rings. The lowest BCUT2D eigenvalue weighted by Gasteiger charge is -2.36. The molecule has 7 nitrogen and oxygen atoms in total. The maximum absolute atomic E-state index is 11.6. The summed E-state index contributed by atoms with van der Waals surface area (Å²) < 4.78 is 23.2. The Hall–Kier alpha value is -1.80. The Labute approximate surface area is 128 Å². The number of anilines is 1. The highest BCUT2D eigenvalue weighted by Crippen LogP contribution is 2.32. The molecule has 1 aliphatic carbocycles.